The molecule has 30 heavy (non-hydrogen) atoms. The first-order valence-corrected chi connectivity index (χ1v) is 10.2. The number of benzene rings is 1. The van der Waals surface area contributed by atoms with E-state index >= 15 is 0 Å². The van der Waals surface area contributed by atoms with Crippen LogP contribution in [-0.4, -0.2) is 49.3 Å². The SMILES string of the molecule is Cn1cc(C2(C)CN(c3ccc4nnc(-c5cc(Cl)cc(Cl)c5)n4n3)CCO2)cn1. The molecule has 8 nitrogen and oxygen atoms in total. The minimum Gasteiger partial charge on any atom is -0.367 e. The maximum absolute atomic E-state index is 6.17. The van der Waals surface area contributed by atoms with Gasteiger partial charge in [0.05, 0.1) is 19.3 Å². The minimum atomic E-state index is -0.473. The van der Waals surface area contributed by atoms with E-state index < -0.39 is 5.60 Å². The molecule has 0 aliphatic carbocycles. The Morgan fingerprint density at radius 3 is 2.63 bits per heavy atom. The van der Waals surface area contributed by atoms with Crippen LogP contribution in [0.15, 0.2) is 42.7 Å². The summed E-state index contributed by atoms with van der Waals surface area (Å²) in [5.74, 6) is 1.40. The number of halogens is 2. The van der Waals surface area contributed by atoms with Gasteiger partial charge in [-0.25, -0.2) is 0 Å². The molecular weight excluding hydrogens is 425 g/mol. The van der Waals surface area contributed by atoms with E-state index in [1.165, 1.54) is 0 Å². The molecule has 10 heteroatoms. The Labute approximate surface area is 183 Å². The predicted octanol–water partition coefficient (Wildman–Crippen LogP) is 3.58. The van der Waals surface area contributed by atoms with Crippen molar-refractivity contribution in [2.45, 2.75) is 12.5 Å². The van der Waals surface area contributed by atoms with Crippen LogP contribution in [0.1, 0.15) is 12.5 Å². The molecule has 3 aromatic heterocycles. The number of morpholine rings is 1. The lowest BCUT2D eigenvalue weighted by molar-refractivity contribution is -0.0468. The molecule has 1 aliphatic rings. The Morgan fingerprint density at radius 1 is 1.10 bits per heavy atom. The number of nitrogens with zero attached hydrogens (tertiary/aromatic N) is 7. The molecule has 0 bridgehead atoms. The summed E-state index contributed by atoms with van der Waals surface area (Å²) in [6.07, 6.45) is 3.84. The quantitative estimate of drug-likeness (QED) is 0.481. The van der Waals surface area contributed by atoms with Crippen molar-refractivity contribution in [2.24, 2.45) is 7.05 Å². The molecule has 1 aliphatic heterocycles. The average Bonchev–Trinajstić information content (AvgIpc) is 3.33. The van der Waals surface area contributed by atoms with E-state index in [9.17, 15) is 0 Å². The second-order valence-electron chi connectivity index (χ2n) is 7.55. The van der Waals surface area contributed by atoms with Gasteiger partial charge in [0.2, 0.25) is 0 Å². The molecule has 4 aromatic rings. The third-order valence-electron chi connectivity index (χ3n) is 5.28. The molecule has 0 N–H and O–H groups in total. The van der Waals surface area contributed by atoms with Gasteiger partial charge in [-0.2, -0.15) is 9.61 Å². The highest BCUT2D eigenvalue weighted by molar-refractivity contribution is 6.35. The summed E-state index contributed by atoms with van der Waals surface area (Å²) in [6.45, 7) is 4.05. The number of ether oxygens (including phenoxy) is 1. The monoisotopic (exact) mass is 443 g/mol. The van der Waals surface area contributed by atoms with Crippen LogP contribution in [-0.2, 0) is 17.4 Å². The normalized spacial score (nSPS) is 19.5. The summed E-state index contributed by atoms with van der Waals surface area (Å²) in [6, 6.07) is 9.14. The number of aryl methyl sites for hydroxylation is 1. The van der Waals surface area contributed by atoms with Crippen molar-refractivity contribution >= 4 is 34.7 Å². The molecule has 0 spiro atoms. The number of hydrogen-bond acceptors (Lipinski definition) is 6. The van der Waals surface area contributed by atoms with Crippen LogP contribution in [0.25, 0.3) is 17.0 Å². The first-order valence-electron chi connectivity index (χ1n) is 9.48. The molecule has 4 heterocycles. The van der Waals surface area contributed by atoms with Gasteiger partial charge in [0.25, 0.3) is 0 Å². The van der Waals surface area contributed by atoms with Gasteiger partial charge in [-0.1, -0.05) is 23.2 Å². The zero-order chi connectivity index (χ0) is 20.9. The summed E-state index contributed by atoms with van der Waals surface area (Å²) < 4.78 is 9.63. The smallest absolute Gasteiger partial charge is 0.185 e. The third kappa shape index (κ3) is 3.40. The average molecular weight is 444 g/mol. The van der Waals surface area contributed by atoms with Gasteiger partial charge in [0.15, 0.2) is 11.5 Å². The fourth-order valence-electron chi connectivity index (χ4n) is 3.75. The molecule has 1 saturated heterocycles. The van der Waals surface area contributed by atoms with Crippen LogP contribution >= 0.6 is 23.2 Å². The fourth-order valence-corrected chi connectivity index (χ4v) is 4.27. The lowest BCUT2D eigenvalue weighted by atomic mass is 9.97. The number of fused-ring (bicyclic) bond motifs is 1. The summed E-state index contributed by atoms with van der Waals surface area (Å²) in [5, 5.41) is 18.7. The molecule has 1 aromatic carbocycles. The Kier molecular flexibility index (Phi) is 4.65. The van der Waals surface area contributed by atoms with Crippen molar-refractivity contribution in [3.8, 4) is 11.4 Å². The highest BCUT2D eigenvalue weighted by Crippen LogP contribution is 2.31. The molecule has 0 radical (unpaired) electrons. The van der Waals surface area contributed by atoms with E-state index in [0.29, 0.717) is 34.7 Å². The number of hydrogen-bond donors (Lipinski definition) is 0. The van der Waals surface area contributed by atoms with Crippen LogP contribution in [0.4, 0.5) is 5.82 Å². The molecule has 1 atom stereocenters. The van der Waals surface area contributed by atoms with Gasteiger partial charge in [-0.3, -0.25) is 4.68 Å². The van der Waals surface area contributed by atoms with Crippen LogP contribution in [0, 0.1) is 0 Å². The third-order valence-corrected chi connectivity index (χ3v) is 5.72. The van der Waals surface area contributed by atoms with Crippen LogP contribution in [0.2, 0.25) is 10.0 Å². The van der Waals surface area contributed by atoms with Crippen LogP contribution in [0.3, 0.4) is 0 Å². The van der Waals surface area contributed by atoms with Crippen molar-refractivity contribution in [1.29, 1.82) is 0 Å². The molecule has 5 rings (SSSR count). The molecule has 154 valence electrons. The van der Waals surface area contributed by atoms with Crippen molar-refractivity contribution in [2.75, 3.05) is 24.6 Å². The van der Waals surface area contributed by atoms with Gasteiger partial charge in [-0.05, 0) is 37.3 Å². The van der Waals surface area contributed by atoms with Crippen LogP contribution < -0.4 is 4.90 Å². The summed E-state index contributed by atoms with van der Waals surface area (Å²) >= 11 is 12.3. The van der Waals surface area contributed by atoms with Gasteiger partial charge < -0.3 is 9.64 Å². The molecule has 0 amide bonds. The van der Waals surface area contributed by atoms with E-state index in [1.807, 2.05) is 31.6 Å². The highest BCUT2D eigenvalue weighted by atomic mass is 35.5. The van der Waals surface area contributed by atoms with Gasteiger partial charge in [-0.15, -0.1) is 15.3 Å². The molecule has 1 unspecified atom stereocenters. The van der Waals surface area contributed by atoms with Crippen molar-refractivity contribution < 1.29 is 4.74 Å². The van der Waals surface area contributed by atoms with Gasteiger partial charge in [0.1, 0.15) is 11.4 Å². The topological polar surface area (TPSA) is 73.4 Å². The van der Waals surface area contributed by atoms with Crippen LogP contribution in [0.5, 0.6) is 0 Å². The first-order chi connectivity index (χ1) is 14.4. The second-order valence-corrected chi connectivity index (χ2v) is 8.42. The van der Waals surface area contributed by atoms with E-state index in [0.717, 1.165) is 23.5 Å². The fraction of sp³-hybridized carbons (Fsp3) is 0.300. The largest absolute Gasteiger partial charge is 0.367 e. The number of rotatable bonds is 3. The van der Waals surface area contributed by atoms with Crippen molar-refractivity contribution in [3.63, 3.8) is 0 Å². The number of aromatic nitrogens is 6. The maximum Gasteiger partial charge on any atom is 0.185 e. The predicted molar refractivity (Wildman–Crippen MR) is 115 cm³/mol. The molecular formula is C20H19Cl2N7O. The van der Waals surface area contributed by atoms with Gasteiger partial charge >= 0.3 is 0 Å². The first kappa shape index (κ1) is 19.3. The minimum absolute atomic E-state index is 0.473. The Balaban J connectivity index is 1.52. The van der Waals surface area contributed by atoms with Gasteiger partial charge in [0, 0.05) is 41.0 Å². The van der Waals surface area contributed by atoms with E-state index in [1.54, 1.807) is 27.4 Å². The molecule has 0 saturated carbocycles. The van der Waals surface area contributed by atoms with E-state index in [-0.39, 0.29) is 0 Å². The standard InChI is InChI=1S/C20H19Cl2N7O/c1-20(14-10-23-27(2)11-14)12-28(5-6-30-20)18-4-3-17-24-25-19(29(17)26-18)13-7-15(21)9-16(22)8-13/h3-4,7-11H,5-6,12H2,1-2H3. The summed E-state index contributed by atoms with van der Waals surface area (Å²) in [7, 11) is 1.90. The highest BCUT2D eigenvalue weighted by Gasteiger charge is 2.35. The summed E-state index contributed by atoms with van der Waals surface area (Å²) in [5.41, 5.74) is 1.97. The maximum atomic E-state index is 6.17. The Hall–Kier alpha value is -2.68. The van der Waals surface area contributed by atoms with E-state index in [4.69, 9.17) is 33.0 Å². The lowest BCUT2D eigenvalue weighted by Crippen LogP contribution is -2.48. The van der Waals surface area contributed by atoms with E-state index in [2.05, 4.69) is 27.1 Å². The number of anilines is 1. The zero-order valence-electron chi connectivity index (χ0n) is 16.5. The Bertz CT molecular complexity index is 1220. The second kappa shape index (κ2) is 7.23. The zero-order valence-corrected chi connectivity index (χ0v) is 18.0. The van der Waals surface area contributed by atoms with Crippen molar-refractivity contribution in [3.05, 3.63) is 58.3 Å². The lowest BCUT2D eigenvalue weighted by Gasteiger charge is -2.40. The molecule has 1 fully saturated rings. The van der Waals surface area contributed by atoms with Crippen molar-refractivity contribution in [1.82, 2.24) is 29.6 Å². The summed E-state index contributed by atoms with van der Waals surface area (Å²) in [4.78, 5) is 2.20. The Morgan fingerprint density at radius 2 is 1.90 bits per heavy atom.